The molecule has 11 nitrogen and oxygen atoms in total. The van der Waals surface area contributed by atoms with E-state index in [1.165, 1.54) is 0 Å². The highest BCUT2D eigenvalue weighted by molar-refractivity contribution is 5.82. The van der Waals surface area contributed by atoms with Gasteiger partial charge in [-0.05, 0) is 19.8 Å². The van der Waals surface area contributed by atoms with Crippen molar-refractivity contribution in [3.63, 3.8) is 0 Å². The van der Waals surface area contributed by atoms with Crippen LogP contribution in [0.2, 0.25) is 0 Å². The van der Waals surface area contributed by atoms with Crippen LogP contribution < -0.4 is 16.4 Å². The van der Waals surface area contributed by atoms with E-state index in [1.807, 2.05) is 6.07 Å². The van der Waals surface area contributed by atoms with Gasteiger partial charge in [0, 0.05) is 42.4 Å². The van der Waals surface area contributed by atoms with Gasteiger partial charge in [0.1, 0.15) is 5.82 Å². The summed E-state index contributed by atoms with van der Waals surface area (Å²) >= 11 is 0. The summed E-state index contributed by atoms with van der Waals surface area (Å²) < 4.78 is 6.48. The molecule has 0 saturated carbocycles. The van der Waals surface area contributed by atoms with Crippen LogP contribution >= 0.6 is 0 Å². The Hall–Kier alpha value is -3.47. The molecule has 11 heteroatoms. The highest BCUT2D eigenvalue weighted by Crippen LogP contribution is 2.29. The van der Waals surface area contributed by atoms with E-state index in [1.54, 1.807) is 30.0 Å². The van der Waals surface area contributed by atoms with E-state index in [9.17, 15) is 9.59 Å². The highest BCUT2D eigenvalue weighted by atomic mass is 16.5. The number of nitrogens with two attached hydrogens (primary N) is 1. The van der Waals surface area contributed by atoms with Crippen molar-refractivity contribution in [3.8, 4) is 11.1 Å². The van der Waals surface area contributed by atoms with E-state index >= 15 is 0 Å². The van der Waals surface area contributed by atoms with Crippen LogP contribution in [0.5, 0.6) is 0 Å². The van der Waals surface area contributed by atoms with Gasteiger partial charge in [-0.15, -0.1) is 0 Å². The maximum Gasteiger partial charge on any atom is 0.307 e. The fraction of sp³-hybridized carbons (Fsp3) is 0.450. The molecule has 5 N–H and O–H groups in total. The predicted octanol–water partition coefficient (Wildman–Crippen LogP) is 0.607. The standard InChI is InChI=1S/C20H26N8O3/c1-2-31-18(29)5-6-22-20(30)15-4-3-12(8-23-15)16-7-17(21)28-19(27-16)14(11-26-28)13-9-24-25-10-13/h7,9-12,15,23H,2-6,8,21H2,1H3,(H,22,30)(H,24,25)/t12-,15-/m0/s1. The van der Waals surface area contributed by atoms with Crippen molar-refractivity contribution in [2.75, 3.05) is 25.4 Å². The zero-order chi connectivity index (χ0) is 21.8. The third kappa shape index (κ3) is 4.50. The summed E-state index contributed by atoms with van der Waals surface area (Å²) in [5.41, 5.74) is 9.50. The summed E-state index contributed by atoms with van der Waals surface area (Å²) in [6.07, 6.45) is 6.85. The third-order valence-corrected chi connectivity index (χ3v) is 5.41. The number of hydrogen-bond donors (Lipinski definition) is 4. The first-order valence-electron chi connectivity index (χ1n) is 10.4. The summed E-state index contributed by atoms with van der Waals surface area (Å²) in [6, 6.07) is 1.54. The Labute approximate surface area is 178 Å². The van der Waals surface area contributed by atoms with Crippen LogP contribution in [0, 0.1) is 0 Å². The van der Waals surface area contributed by atoms with Gasteiger partial charge in [-0.25, -0.2) is 4.98 Å². The van der Waals surface area contributed by atoms with Crippen LogP contribution in [0.25, 0.3) is 16.8 Å². The van der Waals surface area contributed by atoms with Gasteiger partial charge < -0.3 is 21.1 Å². The lowest BCUT2D eigenvalue weighted by molar-refractivity contribution is -0.143. The Morgan fingerprint density at radius 1 is 1.35 bits per heavy atom. The number of esters is 1. The molecule has 2 atom stereocenters. The predicted molar refractivity (Wildman–Crippen MR) is 113 cm³/mol. The topological polar surface area (TPSA) is 152 Å². The lowest BCUT2D eigenvalue weighted by atomic mass is 9.91. The molecule has 0 bridgehead atoms. The van der Waals surface area contributed by atoms with Gasteiger partial charge in [-0.1, -0.05) is 0 Å². The molecule has 31 heavy (non-hydrogen) atoms. The average Bonchev–Trinajstić information content (AvgIpc) is 3.44. The molecule has 164 valence electrons. The van der Waals surface area contributed by atoms with E-state index in [4.69, 9.17) is 15.5 Å². The number of amides is 1. The third-order valence-electron chi connectivity index (χ3n) is 5.41. The number of nitrogen functional groups attached to an aromatic ring is 1. The van der Waals surface area contributed by atoms with Crippen molar-refractivity contribution >= 4 is 23.3 Å². The van der Waals surface area contributed by atoms with Crippen LogP contribution in [-0.4, -0.2) is 62.4 Å². The molecular weight excluding hydrogens is 400 g/mol. The average molecular weight is 426 g/mol. The number of nitrogens with zero attached hydrogens (tertiary/aromatic N) is 4. The number of piperidine rings is 1. The Morgan fingerprint density at radius 2 is 2.23 bits per heavy atom. The van der Waals surface area contributed by atoms with Crippen LogP contribution in [0.15, 0.2) is 24.7 Å². The normalized spacial score (nSPS) is 18.7. The molecule has 1 saturated heterocycles. The number of anilines is 1. The van der Waals surface area contributed by atoms with E-state index < -0.39 is 0 Å². The van der Waals surface area contributed by atoms with E-state index in [2.05, 4.69) is 25.9 Å². The minimum absolute atomic E-state index is 0.108. The zero-order valence-corrected chi connectivity index (χ0v) is 17.3. The number of hydrogen-bond acceptors (Lipinski definition) is 8. The lowest BCUT2D eigenvalue weighted by Crippen LogP contribution is -2.48. The summed E-state index contributed by atoms with van der Waals surface area (Å²) in [5, 5.41) is 17.2. The fourth-order valence-corrected chi connectivity index (χ4v) is 3.79. The SMILES string of the molecule is CCOC(=O)CCNC(=O)[C@@H]1CC[C@H](c2cc(N)n3ncc(-c4cn[nH]c4)c3n2)CN1. The number of ether oxygens (including phenoxy) is 1. The number of carbonyl (C=O) groups is 2. The van der Waals surface area contributed by atoms with Crippen molar-refractivity contribution in [1.82, 2.24) is 35.4 Å². The molecule has 4 rings (SSSR count). The molecule has 1 aliphatic heterocycles. The first kappa shape index (κ1) is 20.8. The van der Waals surface area contributed by atoms with E-state index in [0.29, 0.717) is 31.0 Å². The number of aromatic amines is 1. The van der Waals surface area contributed by atoms with Crippen molar-refractivity contribution < 1.29 is 14.3 Å². The van der Waals surface area contributed by atoms with E-state index in [-0.39, 0.29) is 36.8 Å². The van der Waals surface area contributed by atoms with Gasteiger partial charge in [0.05, 0.1) is 37.2 Å². The molecule has 0 aromatic carbocycles. The molecule has 0 radical (unpaired) electrons. The molecule has 0 spiro atoms. The zero-order valence-electron chi connectivity index (χ0n) is 17.3. The number of H-pyrrole nitrogens is 1. The second kappa shape index (κ2) is 9.13. The summed E-state index contributed by atoms with van der Waals surface area (Å²) in [7, 11) is 0. The number of carbonyl (C=O) groups excluding carboxylic acids is 2. The Kier molecular flexibility index (Phi) is 6.12. The maximum atomic E-state index is 12.4. The summed E-state index contributed by atoms with van der Waals surface area (Å²) in [5.74, 6) is 0.216. The molecule has 3 aromatic heterocycles. The molecule has 4 heterocycles. The monoisotopic (exact) mass is 426 g/mol. The summed E-state index contributed by atoms with van der Waals surface area (Å²) in [4.78, 5) is 28.6. The lowest BCUT2D eigenvalue weighted by Gasteiger charge is -2.29. The molecule has 0 aliphatic carbocycles. The van der Waals surface area contributed by atoms with Gasteiger partial charge in [0.15, 0.2) is 5.65 Å². The minimum atomic E-state index is -0.312. The van der Waals surface area contributed by atoms with E-state index in [0.717, 1.165) is 23.2 Å². The number of nitrogens with one attached hydrogen (secondary N) is 3. The van der Waals surface area contributed by atoms with Gasteiger partial charge >= 0.3 is 5.97 Å². The molecule has 0 unspecified atom stereocenters. The van der Waals surface area contributed by atoms with Gasteiger partial charge in [0.25, 0.3) is 0 Å². The molecule has 1 amide bonds. The van der Waals surface area contributed by atoms with Gasteiger partial charge in [-0.3, -0.25) is 14.7 Å². The first-order chi connectivity index (χ1) is 15.1. The van der Waals surface area contributed by atoms with Crippen LogP contribution in [-0.2, 0) is 14.3 Å². The number of aromatic nitrogens is 5. The number of rotatable bonds is 7. The van der Waals surface area contributed by atoms with Crippen LogP contribution in [0.3, 0.4) is 0 Å². The van der Waals surface area contributed by atoms with Crippen molar-refractivity contribution in [2.45, 2.75) is 38.1 Å². The van der Waals surface area contributed by atoms with Crippen LogP contribution in [0.4, 0.5) is 5.82 Å². The molecule has 1 aliphatic rings. The van der Waals surface area contributed by atoms with Crippen molar-refractivity contribution in [3.05, 3.63) is 30.4 Å². The molecule has 1 fully saturated rings. The first-order valence-corrected chi connectivity index (χ1v) is 10.4. The Morgan fingerprint density at radius 3 is 2.94 bits per heavy atom. The molecular formula is C20H26N8O3. The summed E-state index contributed by atoms with van der Waals surface area (Å²) in [6.45, 7) is 2.97. The maximum absolute atomic E-state index is 12.4. The smallest absolute Gasteiger partial charge is 0.307 e. The Bertz CT molecular complexity index is 1050. The largest absolute Gasteiger partial charge is 0.466 e. The van der Waals surface area contributed by atoms with Gasteiger partial charge in [0.2, 0.25) is 5.91 Å². The van der Waals surface area contributed by atoms with Crippen LogP contribution in [0.1, 0.15) is 37.8 Å². The quantitative estimate of drug-likeness (QED) is 0.401. The van der Waals surface area contributed by atoms with Crippen molar-refractivity contribution in [1.29, 1.82) is 0 Å². The second-order valence-corrected chi connectivity index (χ2v) is 7.47. The Balaban J connectivity index is 1.39. The fourth-order valence-electron chi connectivity index (χ4n) is 3.79. The van der Waals surface area contributed by atoms with Gasteiger partial charge in [-0.2, -0.15) is 14.7 Å². The second-order valence-electron chi connectivity index (χ2n) is 7.47. The highest BCUT2D eigenvalue weighted by Gasteiger charge is 2.28. The number of fused-ring (bicyclic) bond motifs is 1. The minimum Gasteiger partial charge on any atom is -0.466 e. The van der Waals surface area contributed by atoms with Crippen molar-refractivity contribution in [2.24, 2.45) is 0 Å². The molecule has 3 aromatic rings.